The summed E-state index contributed by atoms with van der Waals surface area (Å²) in [5, 5.41) is 5.96. The van der Waals surface area contributed by atoms with Gasteiger partial charge >= 0.3 is 6.18 Å². The van der Waals surface area contributed by atoms with Crippen molar-refractivity contribution in [2.45, 2.75) is 45.3 Å². The van der Waals surface area contributed by atoms with E-state index in [1.54, 1.807) is 31.3 Å². The Morgan fingerprint density at radius 1 is 1.02 bits per heavy atom. The number of aryl methyl sites for hydroxylation is 1. The molecule has 1 saturated heterocycles. The van der Waals surface area contributed by atoms with E-state index in [-0.39, 0.29) is 5.91 Å². The molecule has 1 amide bonds. The number of alkyl halides is 3. The Kier molecular flexibility index (Phi) is 7.94. The van der Waals surface area contributed by atoms with E-state index < -0.39 is 24.8 Å². The molecule has 40 heavy (non-hydrogen) atoms. The van der Waals surface area contributed by atoms with Gasteiger partial charge in [0, 0.05) is 60.5 Å². The van der Waals surface area contributed by atoms with Gasteiger partial charge in [0.25, 0.3) is 5.91 Å². The van der Waals surface area contributed by atoms with Crippen molar-refractivity contribution in [3.63, 3.8) is 0 Å². The third-order valence-electron chi connectivity index (χ3n) is 7.44. The minimum absolute atomic E-state index is 0.00256. The number of nitrogens with zero attached hydrogens (tertiary/aromatic N) is 4. The van der Waals surface area contributed by atoms with Gasteiger partial charge in [0.05, 0.1) is 22.7 Å². The normalized spacial score (nSPS) is 14.6. The minimum Gasteiger partial charge on any atom is -0.339 e. The number of rotatable bonds is 7. The molecule has 1 aliphatic rings. The number of fused-ring (bicyclic) bond motifs is 1. The Bertz CT molecular complexity index is 1520. The van der Waals surface area contributed by atoms with Gasteiger partial charge in [-0.2, -0.15) is 18.3 Å². The lowest BCUT2D eigenvalue weighted by Crippen LogP contribution is -2.39. The average Bonchev–Trinajstić information content (AvgIpc) is 3.35. The van der Waals surface area contributed by atoms with Crippen LogP contribution in [0.3, 0.4) is 0 Å². The average molecular weight is 569 g/mol. The van der Waals surface area contributed by atoms with Gasteiger partial charge in [0.2, 0.25) is 0 Å². The van der Waals surface area contributed by atoms with Gasteiger partial charge < -0.3 is 4.90 Å². The van der Waals surface area contributed by atoms with Crippen LogP contribution in [0.1, 0.15) is 52.0 Å². The number of hydrogen-bond acceptors (Lipinski definition) is 4. The van der Waals surface area contributed by atoms with Crippen molar-refractivity contribution in [3.8, 4) is 11.3 Å². The maximum atomic E-state index is 13.1. The molecule has 0 saturated carbocycles. The summed E-state index contributed by atoms with van der Waals surface area (Å²) in [6.45, 7) is 3.69. The number of halogens is 4. The molecule has 0 bridgehead atoms. The van der Waals surface area contributed by atoms with E-state index in [4.69, 9.17) is 11.6 Å². The van der Waals surface area contributed by atoms with Crippen LogP contribution in [0.2, 0.25) is 5.02 Å². The number of ketones is 1. The van der Waals surface area contributed by atoms with E-state index in [1.807, 2.05) is 46.1 Å². The maximum absolute atomic E-state index is 13.1. The van der Waals surface area contributed by atoms with Gasteiger partial charge in [-0.25, -0.2) is 0 Å². The number of likely N-dealkylation sites (tertiary alicyclic amines) is 1. The summed E-state index contributed by atoms with van der Waals surface area (Å²) < 4.78 is 39.5. The molecule has 2 aromatic carbocycles. The molecule has 0 unspecified atom stereocenters. The largest absolute Gasteiger partial charge is 0.389 e. The summed E-state index contributed by atoms with van der Waals surface area (Å²) in [6, 6.07) is 14.3. The fraction of sp³-hybridized carbons (Fsp3) is 0.333. The van der Waals surface area contributed by atoms with E-state index in [1.165, 1.54) is 0 Å². The predicted octanol–water partition coefficient (Wildman–Crippen LogP) is 7.14. The minimum atomic E-state index is -4.36. The molecule has 10 heteroatoms. The van der Waals surface area contributed by atoms with Crippen LogP contribution < -0.4 is 0 Å². The van der Waals surface area contributed by atoms with E-state index >= 15 is 0 Å². The monoisotopic (exact) mass is 568 g/mol. The third-order valence-corrected chi connectivity index (χ3v) is 7.67. The van der Waals surface area contributed by atoms with Gasteiger partial charge in [-0.3, -0.25) is 19.3 Å². The molecule has 0 spiro atoms. The lowest BCUT2D eigenvalue weighted by Gasteiger charge is -2.32. The van der Waals surface area contributed by atoms with Gasteiger partial charge in [-0.05, 0) is 67.6 Å². The van der Waals surface area contributed by atoms with Crippen LogP contribution in [0.15, 0.2) is 60.9 Å². The first kappa shape index (κ1) is 27.8. The van der Waals surface area contributed by atoms with Crippen LogP contribution in [-0.2, 0) is 6.54 Å². The third kappa shape index (κ3) is 6.36. The zero-order valence-electron chi connectivity index (χ0n) is 21.9. The summed E-state index contributed by atoms with van der Waals surface area (Å²) in [5.74, 6) is -0.194. The second-order valence-corrected chi connectivity index (χ2v) is 10.7. The first-order chi connectivity index (χ1) is 19.1. The zero-order chi connectivity index (χ0) is 28.4. The van der Waals surface area contributed by atoms with Crippen LogP contribution >= 0.6 is 11.6 Å². The van der Waals surface area contributed by atoms with Crippen LogP contribution in [0.4, 0.5) is 13.2 Å². The number of benzene rings is 2. The highest BCUT2D eigenvalue weighted by Crippen LogP contribution is 2.28. The number of pyridine rings is 1. The van der Waals surface area contributed by atoms with Crippen molar-refractivity contribution in [1.29, 1.82) is 0 Å². The van der Waals surface area contributed by atoms with Crippen LogP contribution in [0.25, 0.3) is 22.2 Å². The first-order valence-electron chi connectivity index (χ1n) is 13.2. The smallest absolute Gasteiger partial charge is 0.339 e. The molecule has 0 N–H and O–H groups in total. The van der Waals surface area contributed by atoms with Gasteiger partial charge in [0.15, 0.2) is 5.78 Å². The summed E-state index contributed by atoms with van der Waals surface area (Å²) in [5.41, 5.74) is 3.98. The number of piperidine rings is 1. The Morgan fingerprint density at radius 2 is 1.75 bits per heavy atom. The van der Waals surface area contributed by atoms with Gasteiger partial charge in [0.1, 0.15) is 0 Å². The summed E-state index contributed by atoms with van der Waals surface area (Å²) in [4.78, 5) is 31.7. The van der Waals surface area contributed by atoms with Crippen molar-refractivity contribution in [3.05, 3.63) is 82.6 Å². The highest BCUT2D eigenvalue weighted by atomic mass is 35.5. The second-order valence-electron chi connectivity index (χ2n) is 10.2. The van der Waals surface area contributed by atoms with Crippen LogP contribution in [-0.4, -0.2) is 50.6 Å². The van der Waals surface area contributed by atoms with Crippen molar-refractivity contribution in [1.82, 2.24) is 19.7 Å². The number of amides is 1. The van der Waals surface area contributed by atoms with E-state index in [9.17, 15) is 22.8 Å². The SMILES string of the molecule is Cc1c(C(=O)CCC(F)(F)F)ccc2nn(CC3CCN(C(=O)c4ccc(-c5ccc(Cl)cn5)cc4)CC3)cc12. The van der Waals surface area contributed by atoms with Crippen molar-refractivity contribution in [2.24, 2.45) is 5.92 Å². The topological polar surface area (TPSA) is 68.1 Å². The molecule has 1 aliphatic heterocycles. The molecule has 2 aromatic heterocycles. The summed E-state index contributed by atoms with van der Waals surface area (Å²) in [7, 11) is 0. The Balaban J connectivity index is 1.18. The number of aromatic nitrogens is 3. The number of carbonyl (C=O) groups excluding carboxylic acids is 2. The summed E-state index contributed by atoms with van der Waals surface area (Å²) in [6.07, 6.45) is -0.947. The highest BCUT2D eigenvalue weighted by molar-refractivity contribution is 6.30. The number of carbonyl (C=O) groups is 2. The number of hydrogen-bond donors (Lipinski definition) is 0. The molecular formula is C30H28ClF3N4O2. The maximum Gasteiger partial charge on any atom is 0.389 e. The van der Waals surface area contributed by atoms with E-state index in [0.717, 1.165) is 29.5 Å². The van der Waals surface area contributed by atoms with Gasteiger partial charge in [-0.15, -0.1) is 0 Å². The standard InChI is InChI=1S/C30H28ClF3N4O2/c1-19-24(28(39)10-13-30(32,33)34)7-9-27-25(19)18-38(36-27)17-20-11-14-37(15-12-20)29(40)22-4-2-21(3-5-22)26-8-6-23(31)16-35-26/h2-9,16,18,20H,10-15,17H2,1H3. The molecule has 0 atom stereocenters. The van der Waals surface area contributed by atoms with Crippen LogP contribution in [0.5, 0.6) is 0 Å². The molecule has 4 aromatic rings. The van der Waals surface area contributed by atoms with Gasteiger partial charge in [-0.1, -0.05) is 23.7 Å². The first-order valence-corrected chi connectivity index (χ1v) is 13.5. The van der Waals surface area contributed by atoms with E-state index in [2.05, 4.69) is 10.1 Å². The predicted molar refractivity (Wildman–Crippen MR) is 147 cm³/mol. The molecule has 0 aliphatic carbocycles. The zero-order valence-corrected chi connectivity index (χ0v) is 22.7. The fourth-order valence-corrected chi connectivity index (χ4v) is 5.27. The quantitative estimate of drug-likeness (QED) is 0.222. The van der Waals surface area contributed by atoms with Crippen molar-refractivity contribution < 1.29 is 22.8 Å². The van der Waals surface area contributed by atoms with E-state index in [0.29, 0.717) is 52.8 Å². The van der Waals surface area contributed by atoms with Crippen LogP contribution in [0, 0.1) is 12.8 Å². The molecule has 208 valence electrons. The van der Waals surface area contributed by atoms with Crippen molar-refractivity contribution in [2.75, 3.05) is 13.1 Å². The molecular weight excluding hydrogens is 541 g/mol. The molecule has 0 radical (unpaired) electrons. The molecule has 1 fully saturated rings. The Labute approximate surface area is 234 Å². The highest BCUT2D eigenvalue weighted by Gasteiger charge is 2.29. The molecule has 6 nitrogen and oxygen atoms in total. The second kappa shape index (κ2) is 11.4. The lowest BCUT2D eigenvalue weighted by molar-refractivity contribution is -0.133. The summed E-state index contributed by atoms with van der Waals surface area (Å²) >= 11 is 5.91. The Hall–Kier alpha value is -3.72. The number of Topliss-reactive ketones (excluding diaryl/α,β-unsaturated/α-hetero) is 1. The Morgan fingerprint density at radius 3 is 2.40 bits per heavy atom. The molecule has 5 rings (SSSR count). The van der Waals surface area contributed by atoms with Crippen molar-refractivity contribution >= 4 is 34.2 Å². The molecule has 3 heterocycles. The lowest BCUT2D eigenvalue weighted by atomic mass is 9.96. The fourth-order valence-electron chi connectivity index (χ4n) is 5.16.